The molecule has 230 valence electrons. The van der Waals surface area contributed by atoms with E-state index in [1.54, 1.807) is 0 Å². The average molecular weight is 559 g/mol. The Bertz CT molecular complexity index is 595. The SMILES string of the molecule is CCCCCCCCCCCCCCCCCCCCCCCC(=O)OCC(O)COC(=O)[C@H](O)CC(=O)O. The zero-order valence-electron chi connectivity index (χ0n) is 24.7. The molecule has 2 atom stereocenters. The second kappa shape index (κ2) is 27.9. The van der Waals surface area contributed by atoms with Crippen LogP contribution in [0.2, 0.25) is 0 Å². The number of rotatable bonds is 29. The Balaban J connectivity index is 3.35. The number of aliphatic carboxylic acids is 1. The maximum absolute atomic E-state index is 11.8. The molecule has 0 rings (SSSR count). The van der Waals surface area contributed by atoms with Crippen LogP contribution in [-0.4, -0.2) is 58.6 Å². The summed E-state index contributed by atoms with van der Waals surface area (Å²) in [4.78, 5) is 33.6. The molecule has 39 heavy (non-hydrogen) atoms. The molecular weight excluding hydrogens is 500 g/mol. The quantitative estimate of drug-likeness (QED) is 0.0669. The first-order chi connectivity index (χ1) is 18.9. The average Bonchev–Trinajstić information content (AvgIpc) is 2.90. The van der Waals surface area contributed by atoms with Crippen molar-refractivity contribution in [3.8, 4) is 0 Å². The van der Waals surface area contributed by atoms with Crippen molar-refractivity contribution in [2.24, 2.45) is 0 Å². The van der Waals surface area contributed by atoms with Gasteiger partial charge >= 0.3 is 17.9 Å². The number of carbonyl (C=O) groups excluding carboxylic acids is 2. The van der Waals surface area contributed by atoms with Crippen molar-refractivity contribution < 1.29 is 39.2 Å². The fourth-order valence-corrected chi connectivity index (χ4v) is 4.53. The van der Waals surface area contributed by atoms with E-state index in [0.717, 1.165) is 19.3 Å². The molecule has 0 aliphatic carbocycles. The van der Waals surface area contributed by atoms with Crippen LogP contribution in [0.25, 0.3) is 0 Å². The standard InChI is InChI=1S/C31H58O8/c1-2-3-4-5-6-7-8-9-10-11-12-13-14-15-16-17-18-19-20-21-22-23-30(36)38-25-27(32)26-39-31(37)28(33)24-29(34)35/h27-28,32-33H,2-26H2,1H3,(H,34,35)/t27?,28-/m1/s1. The maximum atomic E-state index is 11.8. The van der Waals surface area contributed by atoms with E-state index in [4.69, 9.17) is 9.84 Å². The van der Waals surface area contributed by atoms with Crippen LogP contribution in [0.1, 0.15) is 155 Å². The zero-order chi connectivity index (χ0) is 29.0. The first-order valence-electron chi connectivity index (χ1n) is 15.8. The Hall–Kier alpha value is -1.67. The molecule has 0 saturated heterocycles. The lowest BCUT2D eigenvalue weighted by Gasteiger charge is -2.13. The van der Waals surface area contributed by atoms with Crippen LogP contribution in [-0.2, 0) is 23.9 Å². The van der Waals surface area contributed by atoms with Gasteiger partial charge in [-0.2, -0.15) is 0 Å². The monoisotopic (exact) mass is 558 g/mol. The van der Waals surface area contributed by atoms with Crippen LogP contribution in [0.3, 0.4) is 0 Å². The molecule has 0 radical (unpaired) electrons. The number of carboxylic acids is 1. The molecule has 0 heterocycles. The highest BCUT2D eigenvalue weighted by molar-refractivity contribution is 5.80. The third-order valence-corrected chi connectivity index (χ3v) is 6.98. The Morgan fingerprint density at radius 1 is 0.564 bits per heavy atom. The van der Waals surface area contributed by atoms with E-state index in [0.29, 0.717) is 0 Å². The van der Waals surface area contributed by atoms with Gasteiger partial charge in [-0.1, -0.05) is 135 Å². The molecule has 0 bridgehead atoms. The molecule has 3 N–H and O–H groups in total. The van der Waals surface area contributed by atoms with Gasteiger partial charge in [-0.25, -0.2) is 4.79 Å². The number of hydrogen-bond acceptors (Lipinski definition) is 7. The number of carboxylic acid groups (broad SMARTS) is 1. The normalized spacial score (nSPS) is 12.7. The number of carbonyl (C=O) groups is 3. The first-order valence-corrected chi connectivity index (χ1v) is 15.8. The van der Waals surface area contributed by atoms with Crippen LogP contribution >= 0.6 is 0 Å². The van der Waals surface area contributed by atoms with Gasteiger partial charge < -0.3 is 24.8 Å². The minimum Gasteiger partial charge on any atom is -0.481 e. The largest absolute Gasteiger partial charge is 0.481 e. The van der Waals surface area contributed by atoms with Gasteiger partial charge in [0.25, 0.3) is 0 Å². The van der Waals surface area contributed by atoms with Crippen molar-refractivity contribution in [1.82, 2.24) is 0 Å². The fourth-order valence-electron chi connectivity index (χ4n) is 4.53. The fraction of sp³-hybridized carbons (Fsp3) is 0.903. The van der Waals surface area contributed by atoms with E-state index in [2.05, 4.69) is 11.7 Å². The third kappa shape index (κ3) is 27.7. The maximum Gasteiger partial charge on any atom is 0.335 e. The van der Waals surface area contributed by atoms with Crippen molar-refractivity contribution in [1.29, 1.82) is 0 Å². The van der Waals surface area contributed by atoms with E-state index >= 15 is 0 Å². The summed E-state index contributed by atoms with van der Waals surface area (Å²) in [5.41, 5.74) is 0. The van der Waals surface area contributed by atoms with E-state index in [-0.39, 0.29) is 13.0 Å². The summed E-state index contributed by atoms with van der Waals surface area (Å²) in [7, 11) is 0. The van der Waals surface area contributed by atoms with E-state index in [1.807, 2.05) is 0 Å². The summed E-state index contributed by atoms with van der Waals surface area (Å²) in [6.07, 6.45) is 23.9. The molecular formula is C31H58O8. The number of aliphatic hydroxyl groups excluding tert-OH is 2. The highest BCUT2D eigenvalue weighted by Crippen LogP contribution is 2.15. The van der Waals surface area contributed by atoms with Crippen LogP contribution < -0.4 is 0 Å². The summed E-state index contributed by atoms with van der Waals surface area (Å²) in [5, 5.41) is 27.5. The Labute approximate surface area is 237 Å². The smallest absolute Gasteiger partial charge is 0.335 e. The minimum absolute atomic E-state index is 0.281. The predicted molar refractivity (Wildman–Crippen MR) is 153 cm³/mol. The van der Waals surface area contributed by atoms with Crippen molar-refractivity contribution in [2.75, 3.05) is 13.2 Å². The molecule has 0 aromatic heterocycles. The summed E-state index contributed by atoms with van der Waals surface area (Å²) in [5.74, 6) is -2.89. The van der Waals surface area contributed by atoms with Crippen molar-refractivity contribution >= 4 is 17.9 Å². The molecule has 1 unspecified atom stereocenters. The Kier molecular flexibility index (Phi) is 26.7. The lowest BCUT2D eigenvalue weighted by molar-refractivity contribution is -0.162. The lowest BCUT2D eigenvalue weighted by Crippen LogP contribution is -2.31. The van der Waals surface area contributed by atoms with E-state index in [9.17, 15) is 24.6 Å². The van der Waals surface area contributed by atoms with Crippen molar-refractivity contribution in [2.45, 2.75) is 167 Å². The van der Waals surface area contributed by atoms with Crippen LogP contribution in [0.5, 0.6) is 0 Å². The topological polar surface area (TPSA) is 130 Å². The number of unbranched alkanes of at least 4 members (excludes halogenated alkanes) is 20. The number of aliphatic hydroxyl groups is 2. The first kappa shape index (κ1) is 37.3. The van der Waals surface area contributed by atoms with Crippen molar-refractivity contribution in [3.63, 3.8) is 0 Å². The van der Waals surface area contributed by atoms with E-state index < -0.39 is 43.1 Å². The lowest BCUT2D eigenvalue weighted by atomic mass is 10.0. The van der Waals surface area contributed by atoms with Gasteiger partial charge in [-0.05, 0) is 6.42 Å². The minimum atomic E-state index is -1.79. The van der Waals surface area contributed by atoms with E-state index in [1.165, 1.54) is 116 Å². The molecule has 0 aliphatic heterocycles. The zero-order valence-corrected chi connectivity index (χ0v) is 24.7. The highest BCUT2D eigenvalue weighted by Gasteiger charge is 2.21. The molecule has 8 heteroatoms. The van der Waals surface area contributed by atoms with Crippen molar-refractivity contribution in [3.05, 3.63) is 0 Å². The summed E-state index contributed by atoms with van der Waals surface area (Å²) in [6.45, 7) is 1.47. The van der Waals surface area contributed by atoms with Crippen LogP contribution in [0, 0.1) is 0 Å². The number of esters is 2. The van der Waals surface area contributed by atoms with Crippen LogP contribution in [0.4, 0.5) is 0 Å². The highest BCUT2D eigenvalue weighted by atomic mass is 16.6. The second-order valence-electron chi connectivity index (χ2n) is 10.9. The summed E-state index contributed by atoms with van der Waals surface area (Å²) >= 11 is 0. The molecule has 8 nitrogen and oxygen atoms in total. The van der Waals surface area contributed by atoms with Gasteiger partial charge in [0.2, 0.25) is 0 Å². The van der Waals surface area contributed by atoms with Gasteiger partial charge in [-0.15, -0.1) is 0 Å². The van der Waals surface area contributed by atoms with Gasteiger partial charge in [0.1, 0.15) is 19.3 Å². The predicted octanol–water partition coefficient (Wildman–Crippen LogP) is 6.87. The van der Waals surface area contributed by atoms with Gasteiger partial charge in [0.15, 0.2) is 6.10 Å². The Morgan fingerprint density at radius 3 is 1.31 bits per heavy atom. The number of ether oxygens (including phenoxy) is 2. The van der Waals surface area contributed by atoms with Gasteiger partial charge in [0.05, 0.1) is 6.42 Å². The van der Waals surface area contributed by atoms with Crippen LogP contribution in [0.15, 0.2) is 0 Å². The summed E-state index contributed by atoms with van der Waals surface area (Å²) < 4.78 is 9.58. The third-order valence-electron chi connectivity index (χ3n) is 6.98. The molecule has 0 fully saturated rings. The summed E-state index contributed by atoms with van der Waals surface area (Å²) in [6, 6.07) is 0. The second-order valence-corrected chi connectivity index (χ2v) is 10.9. The molecule has 0 amide bonds. The van der Waals surface area contributed by atoms with Gasteiger partial charge in [-0.3, -0.25) is 9.59 Å². The molecule has 0 saturated carbocycles. The number of hydrogen-bond donors (Lipinski definition) is 3. The molecule has 0 aromatic carbocycles. The van der Waals surface area contributed by atoms with Gasteiger partial charge in [0, 0.05) is 6.42 Å². The Morgan fingerprint density at radius 2 is 0.923 bits per heavy atom. The molecule has 0 aromatic rings. The molecule has 0 spiro atoms. The molecule has 0 aliphatic rings.